The Morgan fingerprint density at radius 1 is 1.00 bits per heavy atom. The molecule has 2 aromatic carbocycles. The lowest BCUT2D eigenvalue weighted by Crippen LogP contribution is -2.41. The highest BCUT2D eigenvalue weighted by molar-refractivity contribution is 7.89. The van der Waals surface area contributed by atoms with Gasteiger partial charge in [0.25, 0.3) is 0 Å². The molecule has 2 N–H and O–H groups in total. The number of methoxy groups -OCH3 is 1. The van der Waals surface area contributed by atoms with Crippen molar-refractivity contribution < 1.29 is 17.9 Å². The minimum atomic E-state index is -4.00. The summed E-state index contributed by atoms with van der Waals surface area (Å²) < 4.78 is 32.2. The second kappa shape index (κ2) is 8.86. The molecule has 1 atom stereocenters. The summed E-state index contributed by atoms with van der Waals surface area (Å²) in [5.74, 6) is -0.311. The molecule has 0 heterocycles. The Balaban J connectivity index is 2.15. The number of ether oxygens (including phenoxy) is 1. The van der Waals surface area contributed by atoms with Gasteiger partial charge in [-0.1, -0.05) is 46.4 Å². The fraction of sp³-hybridized carbons (Fsp3) is 0.188. The first-order chi connectivity index (χ1) is 12.5. The van der Waals surface area contributed by atoms with Crippen molar-refractivity contribution in [3.05, 3.63) is 50.4 Å². The molecule has 2 rings (SSSR count). The van der Waals surface area contributed by atoms with Crippen molar-refractivity contribution in [2.24, 2.45) is 0 Å². The lowest BCUT2D eigenvalue weighted by atomic mass is 10.3. The van der Waals surface area contributed by atoms with Gasteiger partial charge < -0.3 is 10.1 Å². The van der Waals surface area contributed by atoms with Gasteiger partial charge in [-0.2, -0.15) is 4.72 Å². The summed E-state index contributed by atoms with van der Waals surface area (Å²) in [5, 5.41) is 3.20. The molecule has 0 spiro atoms. The third-order valence-corrected chi connectivity index (χ3v) is 6.30. The molecule has 0 aliphatic heterocycles. The van der Waals surface area contributed by atoms with Crippen molar-refractivity contribution in [2.45, 2.75) is 17.9 Å². The molecule has 0 aliphatic carbocycles. The summed E-state index contributed by atoms with van der Waals surface area (Å²) in [4.78, 5) is 12.2. The average Bonchev–Trinajstić information content (AvgIpc) is 2.59. The van der Waals surface area contributed by atoms with Crippen LogP contribution in [0.1, 0.15) is 6.92 Å². The molecule has 0 saturated carbocycles. The highest BCUT2D eigenvalue weighted by Crippen LogP contribution is 2.32. The maximum atomic E-state index is 12.5. The Morgan fingerprint density at radius 2 is 1.63 bits per heavy atom. The summed E-state index contributed by atoms with van der Waals surface area (Å²) in [7, 11) is -2.59. The van der Waals surface area contributed by atoms with Crippen LogP contribution in [-0.2, 0) is 14.8 Å². The highest BCUT2D eigenvalue weighted by Gasteiger charge is 2.23. The fourth-order valence-electron chi connectivity index (χ4n) is 2.03. The van der Waals surface area contributed by atoms with Crippen LogP contribution in [0.25, 0.3) is 0 Å². The molecule has 0 bridgehead atoms. The van der Waals surface area contributed by atoms with E-state index in [0.717, 1.165) is 0 Å². The molecule has 0 saturated heterocycles. The lowest BCUT2D eigenvalue weighted by Gasteiger charge is -2.16. The van der Waals surface area contributed by atoms with Gasteiger partial charge in [-0.25, -0.2) is 8.42 Å². The largest absolute Gasteiger partial charge is 0.495 e. The third kappa shape index (κ3) is 5.40. The summed E-state index contributed by atoms with van der Waals surface area (Å²) in [6.45, 7) is 1.38. The molecule has 11 heteroatoms. The lowest BCUT2D eigenvalue weighted by molar-refractivity contribution is -0.117. The van der Waals surface area contributed by atoms with E-state index in [1.807, 2.05) is 0 Å². The Kier molecular flexibility index (Phi) is 7.24. The Hall–Kier alpha value is -1.22. The van der Waals surface area contributed by atoms with Crippen molar-refractivity contribution in [2.75, 3.05) is 12.4 Å². The monoisotopic (exact) mass is 470 g/mol. The number of anilines is 1. The Bertz CT molecular complexity index is 983. The van der Waals surface area contributed by atoms with E-state index in [1.54, 1.807) is 0 Å². The number of amides is 1. The molecule has 2 aromatic rings. The number of halogens is 4. The van der Waals surface area contributed by atoms with Gasteiger partial charge in [-0.3, -0.25) is 4.79 Å². The minimum absolute atomic E-state index is 0.111. The van der Waals surface area contributed by atoms with Crippen LogP contribution in [0.15, 0.2) is 35.2 Å². The Morgan fingerprint density at radius 3 is 2.22 bits per heavy atom. The summed E-state index contributed by atoms with van der Waals surface area (Å²) >= 11 is 23.7. The maximum absolute atomic E-state index is 12.5. The molecule has 0 unspecified atom stereocenters. The van der Waals surface area contributed by atoms with Gasteiger partial charge in [0.2, 0.25) is 15.9 Å². The SMILES string of the molecule is COc1ccc(S(=O)(=O)N[C@@H](C)C(=O)Nc2cc(Cl)c(Cl)cc2Cl)cc1Cl. The zero-order valence-corrected chi connectivity index (χ0v) is 17.9. The first kappa shape index (κ1) is 22.1. The van der Waals surface area contributed by atoms with Crippen LogP contribution < -0.4 is 14.8 Å². The van der Waals surface area contributed by atoms with E-state index in [-0.39, 0.29) is 30.7 Å². The van der Waals surface area contributed by atoms with Crippen LogP contribution in [0, 0.1) is 0 Å². The van der Waals surface area contributed by atoms with Gasteiger partial charge in [-0.15, -0.1) is 0 Å². The smallest absolute Gasteiger partial charge is 0.242 e. The third-order valence-electron chi connectivity index (χ3n) is 3.43. The topological polar surface area (TPSA) is 84.5 Å². The van der Waals surface area contributed by atoms with Crippen LogP contribution in [0.2, 0.25) is 20.1 Å². The van der Waals surface area contributed by atoms with E-state index in [9.17, 15) is 13.2 Å². The average molecular weight is 472 g/mol. The van der Waals surface area contributed by atoms with Gasteiger partial charge in [0.05, 0.1) is 43.8 Å². The molecule has 6 nitrogen and oxygen atoms in total. The number of sulfonamides is 1. The molecule has 1 amide bonds. The number of hydrogen-bond donors (Lipinski definition) is 2. The molecule has 27 heavy (non-hydrogen) atoms. The van der Waals surface area contributed by atoms with Crippen molar-refractivity contribution in [3.8, 4) is 5.75 Å². The molecule has 0 aliphatic rings. The van der Waals surface area contributed by atoms with Gasteiger partial charge >= 0.3 is 0 Å². The fourth-order valence-corrected chi connectivity index (χ4v) is 4.17. The van der Waals surface area contributed by atoms with E-state index in [1.165, 1.54) is 44.4 Å². The van der Waals surface area contributed by atoms with Gasteiger partial charge in [0.1, 0.15) is 5.75 Å². The minimum Gasteiger partial charge on any atom is -0.495 e. The Labute approximate surface area is 176 Å². The van der Waals surface area contributed by atoms with Crippen molar-refractivity contribution in [1.82, 2.24) is 4.72 Å². The van der Waals surface area contributed by atoms with E-state index < -0.39 is 22.0 Å². The summed E-state index contributed by atoms with van der Waals surface area (Å²) in [6.07, 6.45) is 0. The molecule has 0 aromatic heterocycles. The zero-order chi connectivity index (χ0) is 20.4. The highest BCUT2D eigenvalue weighted by atomic mass is 35.5. The van der Waals surface area contributed by atoms with Crippen LogP contribution in [0.5, 0.6) is 5.75 Å². The quantitative estimate of drug-likeness (QED) is 0.602. The van der Waals surface area contributed by atoms with Crippen LogP contribution in [0.4, 0.5) is 5.69 Å². The second-order valence-electron chi connectivity index (χ2n) is 5.37. The first-order valence-electron chi connectivity index (χ1n) is 7.36. The van der Waals surface area contributed by atoms with E-state index in [2.05, 4.69) is 10.0 Å². The standard InChI is InChI=1S/C16H14Cl4N2O4S/c1-8(16(23)21-14-7-11(18)10(17)6-12(14)19)22-27(24,25)9-3-4-15(26-2)13(20)5-9/h3-8,22H,1-2H3,(H,21,23)/t8-/m0/s1. The van der Waals surface area contributed by atoms with Crippen LogP contribution in [-0.4, -0.2) is 27.5 Å². The van der Waals surface area contributed by atoms with Crippen LogP contribution >= 0.6 is 46.4 Å². The summed E-state index contributed by atoms with van der Waals surface area (Å²) in [5.41, 5.74) is 0.203. The van der Waals surface area contributed by atoms with E-state index in [4.69, 9.17) is 51.1 Å². The zero-order valence-electron chi connectivity index (χ0n) is 14.0. The summed E-state index contributed by atoms with van der Waals surface area (Å²) in [6, 6.07) is 5.58. The van der Waals surface area contributed by atoms with Crippen LogP contribution in [0.3, 0.4) is 0 Å². The maximum Gasteiger partial charge on any atom is 0.242 e. The first-order valence-corrected chi connectivity index (χ1v) is 10.4. The normalized spacial score (nSPS) is 12.5. The van der Waals surface area contributed by atoms with Crippen molar-refractivity contribution >= 4 is 68.0 Å². The molecular formula is C16H14Cl4N2O4S. The van der Waals surface area contributed by atoms with E-state index in [0.29, 0.717) is 5.75 Å². The number of benzene rings is 2. The number of nitrogens with one attached hydrogen (secondary N) is 2. The number of carbonyl (C=O) groups is 1. The van der Waals surface area contributed by atoms with E-state index >= 15 is 0 Å². The molecule has 0 fully saturated rings. The molecular weight excluding hydrogens is 458 g/mol. The number of hydrogen-bond acceptors (Lipinski definition) is 4. The molecule has 0 radical (unpaired) electrons. The molecule has 146 valence electrons. The second-order valence-corrected chi connectivity index (χ2v) is 8.72. The predicted molar refractivity (Wildman–Crippen MR) is 108 cm³/mol. The number of rotatable bonds is 6. The van der Waals surface area contributed by atoms with Gasteiger partial charge in [0, 0.05) is 0 Å². The number of carbonyl (C=O) groups excluding carboxylic acids is 1. The predicted octanol–water partition coefficient (Wildman–Crippen LogP) is 4.61. The van der Waals surface area contributed by atoms with Gasteiger partial charge in [0.15, 0.2) is 0 Å². The van der Waals surface area contributed by atoms with Crippen molar-refractivity contribution in [1.29, 1.82) is 0 Å². The van der Waals surface area contributed by atoms with Crippen molar-refractivity contribution in [3.63, 3.8) is 0 Å². The van der Waals surface area contributed by atoms with Gasteiger partial charge in [-0.05, 0) is 37.3 Å².